The topological polar surface area (TPSA) is 90.0 Å². The van der Waals surface area contributed by atoms with Gasteiger partial charge in [0.2, 0.25) is 0 Å². The van der Waals surface area contributed by atoms with Gasteiger partial charge in [-0.15, -0.1) is 5.06 Å². The van der Waals surface area contributed by atoms with Crippen LogP contribution >= 0.6 is 67.8 Å². The lowest BCUT2D eigenvalue weighted by molar-refractivity contribution is -0.197. The van der Waals surface area contributed by atoms with E-state index in [9.17, 15) is 19.2 Å². The van der Waals surface area contributed by atoms with Gasteiger partial charge in [-0.05, 0) is 92.7 Å². The van der Waals surface area contributed by atoms with Crippen LogP contribution in [0.25, 0.3) is 0 Å². The van der Waals surface area contributed by atoms with Crippen molar-refractivity contribution < 1.29 is 28.8 Å². The van der Waals surface area contributed by atoms with E-state index >= 15 is 0 Å². The van der Waals surface area contributed by atoms with Crippen molar-refractivity contribution in [1.29, 1.82) is 0 Å². The SMILES string of the molecule is O=C(CCCCCCOC(=O)c1c(I)ccc(I)c1I)ON1C(=O)CCC1=O. The average molecular weight is 725 g/mol. The highest BCUT2D eigenvalue weighted by Crippen LogP contribution is 2.25. The van der Waals surface area contributed by atoms with Crippen LogP contribution in [0.3, 0.4) is 0 Å². The first-order valence-electron chi connectivity index (χ1n) is 8.68. The summed E-state index contributed by atoms with van der Waals surface area (Å²) in [6.45, 7) is 0.317. The van der Waals surface area contributed by atoms with Crippen molar-refractivity contribution in [2.75, 3.05) is 6.61 Å². The van der Waals surface area contributed by atoms with E-state index in [1.54, 1.807) is 0 Å². The van der Waals surface area contributed by atoms with Gasteiger partial charge in [0.05, 0.1) is 12.2 Å². The largest absolute Gasteiger partial charge is 0.462 e. The summed E-state index contributed by atoms with van der Waals surface area (Å²) in [5.74, 6) is -1.86. The molecule has 0 N–H and O–H groups in total. The van der Waals surface area contributed by atoms with Crippen molar-refractivity contribution in [2.24, 2.45) is 0 Å². The van der Waals surface area contributed by atoms with Crippen LogP contribution in [0.4, 0.5) is 0 Å². The Bertz CT molecular complexity index is 767. The quantitative estimate of drug-likeness (QED) is 0.125. The summed E-state index contributed by atoms with van der Waals surface area (Å²) in [4.78, 5) is 51.5. The van der Waals surface area contributed by atoms with Gasteiger partial charge >= 0.3 is 11.9 Å². The second-order valence-electron chi connectivity index (χ2n) is 6.06. The molecule has 0 atom stereocenters. The van der Waals surface area contributed by atoms with Crippen molar-refractivity contribution in [3.05, 3.63) is 28.4 Å². The predicted molar refractivity (Wildman–Crippen MR) is 125 cm³/mol. The number of hydrogen-bond acceptors (Lipinski definition) is 6. The van der Waals surface area contributed by atoms with Crippen molar-refractivity contribution >= 4 is 91.5 Å². The monoisotopic (exact) mass is 725 g/mol. The number of hydrogen-bond donors (Lipinski definition) is 0. The number of esters is 1. The van der Waals surface area contributed by atoms with E-state index in [-0.39, 0.29) is 25.2 Å². The summed E-state index contributed by atoms with van der Waals surface area (Å²) in [6.07, 6.45) is 3.14. The van der Waals surface area contributed by atoms with E-state index in [1.165, 1.54) is 0 Å². The molecule has 1 aliphatic rings. The molecule has 2 rings (SSSR count). The highest BCUT2D eigenvalue weighted by atomic mass is 127. The van der Waals surface area contributed by atoms with Gasteiger partial charge in [-0.1, -0.05) is 12.8 Å². The van der Waals surface area contributed by atoms with E-state index < -0.39 is 17.8 Å². The molecule has 28 heavy (non-hydrogen) atoms. The molecule has 1 saturated heterocycles. The number of carbonyl (C=O) groups excluding carboxylic acids is 4. The summed E-state index contributed by atoms with van der Waals surface area (Å²) in [6, 6.07) is 3.85. The molecule has 1 fully saturated rings. The maximum absolute atomic E-state index is 12.3. The van der Waals surface area contributed by atoms with Gasteiger partial charge < -0.3 is 9.57 Å². The second kappa shape index (κ2) is 11.6. The number of nitrogens with zero attached hydrogens (tertiary/aromatic N) is 1. The number of hydroxylamine groups is 2. The van der Waals surface area contributed by atoms with Crippen LogP contribution in [-0.4, -0.2) is 35.4 Å². The number of amides is 2. The van der Waals surface area contributed by atoms with Crippen LogP contribution in [0, 0.1) is 10.7 Å². The third-order valence-electron chi connectivity index (χ3n) is 3.96. The smallest absolute Gasteiger partial charge is 0.340 e. The Kier molecular flexibility index (Phi) is 9.86. The summed E-state index contributed by atoms with van der Waals surface area (Å²) in [5, 5.41) is 0.565. The van der Waals surface area contributed by atoms with Crippen LogP contribution < -0.4 is 0 Å². The normalized spacial score (nSPS) is 13.8. The van der Waals surface area contributed by atoms with E-state index in [0.29, 0.717) is 30.1 Å². The van der Waals surface area contributed by atoms with Crippen LogP contribution in [-0.2, 0) is 24.0 Å². The molecule has 0 aromatic heterocycles. The lowest BCUT2D eigenvalue weighted by Gasteiger charge is -2.12. The Labute approximate surface area is 203 Å². The highest BCUT2D eigenvalue weighted by molar-refractivity contribution is 14.1. The van der Waals surface area contributed by atoms with Gasteiger partial charge in [-0.2, -0.15) is 0 Å². The van der Waals surface area contributed by atoms with Gasteiger partial charge in [0.15, 0.2) is 0 Å². The number of rotatable bonds is 9. The maximum atomic E-state index is 12.3. The first-order chi connectivity index (χ1) is 13.3. The molecular formula is C18H18I3NO6. The minimum atomic E-state index is -0.585. The molecule has 0 aliphatic carbocycles. The van der Waals surface area contributed by atoms with Crippen molar-refractivity contribution in [3.63, 3.8) is 0 Å². The molecular weight excluding hydrogens is 707 g/mol. The molecule has 0 bridgehead atoms. The lowest BCUT2D eigenvalue weighted by atomic mass is 10.1. The highest BCUT2D eigenvalue weighted by Gasteiger charge is 2.32. The Hall–Kier alpha value is -0.510. The minimum absolute atomic E-state index is 0.0884. The third-order valence-corrected chi connectivity index (χ3v) is 7.91. The number of imide groups is 1. The number of ether oxygens (including phenoxy) is 1. The average Bonchev–Trinajstić information content (AvgIpc) is 2.96. The molecule has 10 heteroatoms. The fourth-order valence-electron chi connectivity index (χ4n) is 2.48. The van der Waals surface area contributed by atoms with E-state index in [4.69, 9.17) is 9.57 Å². The van der Waals surface area contributed by atoms with Crippen molar-refractivity contribution in [2.45, 2.75) is 44.9 Å². The fourth-order valence-corrected chi connectivity index (χ4v) is 4.81. The van der Waals surface area contributed by atoms with Gasteiger partial charge in [0, 0.05) is 30.0 Å². The third kappa shape index (κ3) is 6.78. The zero-order valence-electron chi connectivity index (χ0n) is 14.8. The number of unbranched alkanes of at least 4 members (excludes halogenated alkanes) is 3. The number of halogens is 3. The summed E-state index contributed by atoms with van der Waals surface area (Å²) < 4.78 is 8.12. The van der Waals surface area contributed by atoms with E-state index in [0.717, 1.165) is 23.6 Å². The van der Waals surface area contributed by atoms with Crippen LogP contribution in [0.2, 0.25) is 0 Å². The Balaban J connectivity index is 1.60. The van der Waals surface area contributed by atoms with E-state index in [2.05, 4.69) is 67.8 Å². The Morgan fingerprint density at radius 1 is 0.929 bits per heavy atom. The number of carbonyl (C=O) groups is 4. The van der Waals surface area contributed by atoms with Crippen LogP contribution in [0.1, 0.15) is 55.3 Å². The fraction of sp³-hybridized carbons (Fsp3) is 0.444. The summed E-state index contributed by atoms with van der Waals surface area (Å²) in [7, 11) is 0. The minimum Gasteiger partial charge on any atom is -0.462 e. The van der Waals surface area contributed by atoms with Crippen molar-refractivity contribution in [3.8, 4) is 0 Å². The molecule has 1 heterocycles. The Morgan fingerprint density at radius 3 is 2.21 bits per heavy atom. The molecule has 0 radical (unpaired) electrons. The van der Waals surface area contributed by atoms with Gasteiger partial charge in [-0.25, -0.2) is 9.59 Å². The van der Waals surface area contributed by atoms with E-state index in [1.807, 2.05) is 12.1 Å². The molecule has 152 valence electrons. The zero-order valence-corrected chi connectivity index (χ0v) is 21.3. The molecule has 2 amide bonds. The molecule has 1 aromatic rings. The second-order valence-corrected chi connectivity index (χ2v) is 9.47. The lowest BCUT2D eigenvalue weighted by Crippen LogP contribution is -2.31. The molecule has 0 spiro atoms. The summed E-state index contributed by atoms with van der Waals surface area (Å²) in [5.41, 5.74) is 0.599. The van der Waals surface area contributed by atoms with Gasteiger partial charge in [0.1, 0.15) is 0 Å². The first kappa shape index (κ1) is 23.8. The molecule has 0 unspecified atom stereocenters. The molecule has 1 aliphatic heterocycles. The van der Waals surface area contributed by atoms with Crippen molar-refractivity contribution in [1.82, 2.24) is 5.06 Å². The van der Waals surface area contributed by atoms with Crippen LogP contribution in [0.5, 0.6) is 0 Å². The van der Waals surface area contributed by atoms with Crippen LogP contribution in [0.15, 0.2) is 12.1 Å². The van der Waals surface area contributed by atoms with Gasteiger partial charge in [0.25, 0.3) is 11.8 Å². The molecule has 7 nitrogen and oxygen atoms in total. The van der Waals surface area contributed by atoms with Gasteiger partial charge in [-0.3, -0.25) is 9.59 Å². The first-order valence-corrected chi connectivity index (χ1v) is 11.9. The molecule has 0 saturated carbocycles. The summed E-state index contributed by atoms with van der Waals surface area (Å²) >= 11 is 6.46. The molecule has 1 aromatic carbocycles. The maximum Gasteiger partial charge on any atom is 0.340 e. The number of benzene rings is 1. The Morgan fingerprint density at radius 2 is 1.54 bits per heavy atom. The predicted octanol–water partition coefficient (Wildman–Crippen LogP) is 4.21. The standard InChI is InChI=1S/C18H18I3NO6/c19-11-6-7-12(20)17(21)16(11)18(26)27-10-4-2-1-3-5-15(25)28-22-13(23)8-9-14(22)24/h6-7H,1-5,8-10H2. The zero-order chi connectivity index (χ0) is 20.7.